The summed E-state index contributed by atoms with van der Waals surface area (Å²) in [7, 11) is 0. The molecule has 1 saturated heterocycles. The Bertz CT molecular complexity index is 1030. The minimum Gasteiger partial charge on any atom is -0.379 e. The van der Waals surface area contributed by atoms with Crippen LogP contribution in [0.4, 0.5) is 0 Å². The van der Waals surface area contributed by atoms with Crippen LogP contribution in [0.2, 0.25) is 0 Å². The van der Waals surface area contributed by atoms with Gasteiger partial charge in [-0.3, -0.25) is 4.90 Å². The maximum Gasteiger partial charge on any atom is 0.161 e. The third kappa shape index (κ3) is 2.17. The second-order valence-corrected chi connectivity index (χ2v) is 6.20. The van der Waals surface area contributed by atoms with Crippen molar-refractivity contribution in [3.63, 3.8) is 0 Å². The van der Waals surface area contributed by atoms with Crippen molar-refractivity contribution in [2.45, 2.75) is 6.67 Å². The number of benzene rings is 2. The fourth-order valence-electron chi connectivity index (χ4n) is 3.47. The van der Waals surface area contributed by atoms with E-state index >= 15 is 0 Å². The minimum atomic E-state index is 0.797. The summed E-state index contributed by atoms with van der Waals surface area (Å²) in [5.74, 6) is 0. The highest BCUT2D eigenvalue weighted by atomic mass is 16.5. The number of ether oxygens (including phenoxy) is 1. The molecule has 1 aliphatic heterocycles. The summed E-state index contributed by atoms with van der Waals surface area (Å²) in [5.41, 5.74) is 5.02. The van der Waals surface area contributed by atoms with E-state index in [0.29, 0.717) is 0 Å². The van der Waals surface area contributed by atoms with Crippen LogP contribution in [0.3, 0.4) is 0 Å². The lowest BCUT2D eigenvalue weighted by Gasteiger charge is -2.27. The fourth-order valence-corrected chi connectivity index (χ4v) is 3.47. The molecule has 0 aliphatic carbocycles. The van der Waals surface area contributed by atoms with Gasteiger partial charge in [0, 0.05) is 18.5 Å². The van der Waals surface area contributed by atoms with Crippen molar-refractivity contribution in [1.29, 1.82) is 0 Å². The van der Waals surface area contributed by atoms with Gasteiger partial charge < -0.3 is 9.30 Å². The summed E-state index contributed by atoms with van der Waals surface area (Å²) in [4.78, 5) is 12.2. The van der Waals surface area contributed by atoms with Crippen molar-refractivity contribution in [2.75, 3.05) is 26.3 Å². The quantitative estimate of drug-likeness (QED) is 0.570. The molecule has 0 amide bonds. The molecule has 120 valence electrons. The number of rotatable bonds is 2. The van der Waals surface area contributed by atoms with Crippen LogP contribution < -0.4 is 0 Å². The summed E-state index contributed by atoms with van der Waals surface area (Å²) < 4.78 is 7.76. The van der Waals surface area contributed by atoms with Gasteiger partial charge in [0.15, 0.2) is 5.65 Å². The summed E-state index contributed by atoms with van der Waals surface area (Å²) in [6, 6.07) is 16.5. The molecule has 0 saturated carbocycles. The van der Waals surface area contributed by atoms with Crippen molar-refractivity contribution in [1.82, 2.24) is 19.4 Å². The van der Waals surface area contributed by atoms with Crippen molar-refractivity contribution in [3.8, 4) is 0 Å². The first-order chi connectivity index (χ1) is 11.9. The van der Waals surface area contributed by atoms with Gasteiger partial charge in [0.25, 0.3) is 0 Å². The van der Waals surface area contributed by atoms with E-state index < -0.39 is 0 Å². The number of hydrogen-bond donors (Lipinski definition) is 0. The number of morpholine rings is 1. The number of fused-ring (bicyclic) bond motifs is 4. The first-order valence-electron chi connectivity index (χ1n) is 8.34. The van der Waals surface area contributed by atoms with E-state index in [9.17, 15) is 0 Å². The third-order valence-corrected chi connectivity index (χ3v) is 4.70. The predicted molar refractivity (Wildman–Crippen MR) is 94.9 cm³/mol. The minimum absolute atomic E-state index is 0.797. The lowest BCUT2D eigenvalue weighted by Crippen LogP contribution is -2.37. The zero-order chi connectivity index (χ0) is 15.9. The Labute approximate surface area is 139 Å². The van der Waals surface area contributed by atoms with Crippen LogP contribution in [0, 0.1) is 0 Å². The van der Waals surface area contributed by atoms with E-state index in [4.69, 9.17) is 14.7 Å². The summed E-state index contributed by atoms with van der Waals surface area (Å²) >= 11 is 0. The molecular weight excluding hydrogens is 300 g/mol. The maximum atomic E-state index is 5.47. The van der Waals surface area contributed by atoms with Crippen molar-refractivity contribution in [2.24, 2.45) is 0 Å². The molecule has 1 fully saturated rings. The summed E-state index contributed by atoms with van der Waals surface area (Å²) in [5, 5.41) is 1.17. The molecule has 2 aromatic carbocycles. The molecule has 4 aromatic rings. The van der Waals surface area contributed by atoms with Gasteiger partial charge in [0.05, 0.1) is 36.4 Å². The molecule has 0 unspecified atom stereocenters. The highest BCUT2D eigenvalue weighted by Crippen LogP contribution is 2.28. The van der Waals surface area contributed by atoms with Gasteiger partial charge in [-0.2, -0.15) is 0 Å². The van der Waals surface area contributed by atoms with Crippen LogP contribution in [-0.2, 0) is 11.4 Å². The molecule has 5 rings (SSSR count). The average molecular weight is 318 g/mol. The Morgan fingerprint density at radius 3 is 2.42 bits per heavy atom. The zero-order valence-electron chi connectivity index (χ0n) is 13.4. The van der Waals surface area contributed by atoms with Gasteiger partial charge in [-0.05, 0) is 18.2 Å². The molecule has 0 bridgehead atoms. The average Bonchev–Trinajstić information content (AvgIpc) is 2.94. The van der Waals surface area contributed by atoms with Gasteiger partial charge in [-0.1, -0.05) is 30.3 Å². The van der Waals surface area contributed by atoms with Crippen molar-refractivity contribution < 1.29 is 4.74 Å². The molecular formula is C19H18N4O. The topological polar surface area (TPSA) is 43.2 Å². The lowest BCUT2D eigenvalue weighted by molar-refractivity contribution is 0.0247. The Balaban J connectivity index is 1.76. The molecule has 1 aliphatic rings. The van der Waals surface area contributed by atoms with E-state index in [2.05, 4.69) is 33.7 Å². The van der Waals surface area contributed by atoms with Crippen molar-refractivity contribution in [3.05, 3.63) is 48.5 Å². The molecule has 2 aromatic heterocycles. The zero-order valence-corrected chi connectivity index (χ0v) is 13.4. The highest BCUT2D eigenvalue weighted by molar-refractivity contribution is 6.06. The SMILES string of the molecule is c1ccc2nc3c(nc2c1)c1ccccc1n3CN1CCOCC1. The molecule has 3 heterocycles. The van der Waals surface area contributed by atoms with Gasteiger partial charge in [-0.25, -0.2) is 9.97 Å². The van der Waals surface area contributed by atoms with Gasteiger partial charge >= 0.3 is 0 Å². The largest absolute Gasteiger partial charge is 0.379 e. The summed E-state index contributed by atoms with van der Waals surface area (Å²) in [6.45, 7) is 4.32. The molecule has 24 heavy (non-hydrogen) atoms. The lowest BCUT2D eigenvalue weighted by atomic mass is 10.2. The Hall–Kier alpha value is -2.50. The van der Waals surface area contributed by atoms with Gasteiger partial charge in [0.1, 0.15) is 5.52 Å². The third-order valence-electron chi connectivity index (χ3n) is 4.70. The molecule has 5 nitrogen and oxygen atoms in total. The van der Waals surface area contributed by atoms with E-state index in [0.717, 1.165) is 55.2 Å². The maximum absolute atomic E-state index is 5.47. The second kappa shape index (κ2) is 5.54. The number of aromatic nitrogens is 3. The van der Waals surface area contributed by atoms with E-state index in [1.165, 1.54) is 10.9 Å². The smallest absolute Gasteiger partial charge is 0.161 e. The fraction of sp³-hybridized carbons (Fsp3) is 0.263. The Morgan fingerprint density at radius 1 is 0.875 bits per heavy atom. The predicted octanol–water partition coefficient (Wildman–Crippen LogP) is 3.03. The number of hydrogen-bond acceptors (Lipinski definition) is 4. The second-order valence-electron chi connectivity index (χ2n) is 6.20. The molecule has 0 radical (unpaired) electrons. The van der Waals surface area contributed by atoms with Crippen LogP contribution in [0.1, 0.15) is 0 Å². The summed E-state index contributed by atoms with van der Waals surface area (Å²) in [6.07, 6.45) is 0. The first-order valence-corrected chi connectivity index (χ1v) is 8.34. The van der Waals surface area contributed by atoms with E-state index in [-0.39, 0.29) is 0 Å². The van der Waals surface area contributed by atoms with Crippen LogP contribution in [0.5, 0.6) is 0 Å². The molecule has 0 spiro atoms. The number of nitrogens with zero attached hydrogens (tertiary/aromatic N) is 4. The molecule has 0 atom stereocenters. The Morgan fingerprint density at radius 2 is 1.58 bits per heavy atom. The van der Waals surface area contributed by atoms with Crippen LogP contribution in [-0.4, -0.2) is 45.7 Å². The standard InChI is InChI=1S/C19H18N4O/c1-4-8-17-14(5-1)18-19(21-16-7-3-2-6-15(16)20-18)23(17)13-22-9-11-24-12-10-22/h1-8H,9-13H2. The van der Waals surface area contributed by atoms with Crippen molar-refractivity contribution >= 4 is 33.1 Å². The Kier molecular flexibility index (Phi) is 3.21. The van der Waals surface area contributed by atoms with Gasteiger partial charge in [0.2, 0.25) is 0 Å². The highest BCUT2D eigenvalue weighted by Gasteiger charge is 2.17. The van der Waals surface area contributed by atoms with Crippen LogP contribution >= 0.6 is 0 Å². The van der Waals surface area contributed by atoms with Gasteiger partial charge in [-0.15, -0.1) is 0 Å². The number of para-hydroxylation sites is 3. The monoisotopic (exact) mass is 318 g/mol. The van der Waals surface area contributed by atoms with Crippen LogP contribution in [0.15, 0.2) is 48.5 Å². The van der Waals surface area contributed by atoms with E-state index in [1.807, 2.05) is 24.3 Å². The van der Waals surface area contributed by atoms with Crippen LogP contribution in [0.25, 0.3) is 33.1 Å². The first kappa shape index (κ1) is 13.9. The molecule has 5 heteroatoms. The normalized spacial score (nSPS) is 16.3. The molecule has 0 N–H and O–H groups in total. The van der Waals surface area contributed by atoms with E-state index in [1.54, 1.807) is 0 Å².